The number of hydrogen-bond donors (Lipinski definition) is 1. The maximum absolute atomic E-state index is 12.1. The first-order chi connectivity index (χ1) is 9.88. The summed E-state index contributed by atoms with van der Waals surface area (Å²) in [7, 11) is 0. The van der Waals surface area contributed by atoms with E-state index in [2.05, 4.69) is 4.98 Å². The van der Waals surface area contributed by atoms with Crippen molar-refractivity contribution in [1.29, 1.82) is 0 Å². The largest absolute Gasteiger partial charge is 0.481 e. The van der Waals surface area contributed by atoms with Crippen molar-refractivity contribution in [3.8, 4) is 0 Å². The third-order valence-corrected chi connectivity index (χ3v) is 3.57. The predicted molar refractivity (Wildman–Crippen MR) is 79.9 cm³/mol. The molecule has 1 aromatic heterocycles. The first kappa shape index (κ1) is 15.3. The highest BCUT2D eigenvalue weighted by Crippen LogP contribution is 2.14. The zero-order valence-electron chi connectivity index (χ0n) is 11.8. The molecule has 0 atom stereocenters. The Morgan fingerprint density at radius 1 is 1.38 bits per heavy atom. The van der Waals surface area contributed by atoms with Crippen LogP contribution >= 0.6 is 11.6 Å². The van der Waals surface area contributed by atoms with E-state index < -0.39 is 5.97 Å². The highest BCUT2D eigenvalue weighted by atomic mass is 35.5. The van der Waals surface area contributed by atoms with Gasteiger partial charge in [-0.25, -0.2) is 4.79 Å². The number of aromatic nitrogens is 2. The third kappa shape index (κ3) is 3.49. The number of benzene rings is 1. The minimum Gasteiger partial charge on any atom is -0.481 e. The van der Waals surface area contributed by atoms with Crippen molar-refractivity contribution in [2.75, 3.05) is 0 Å². The zero-order chi connectivity index (χ0) is 15.6. The minimum absolute atomic E-state index is 0.152. The van der Waals surface area contributed by atoms with Crippen molar-refractivity contribution in [2.24, 2.45) is 0 Å². The summed E-state index contributed by atoms with van der Waals surface area (Å²) < 4.78 is 1.47. The summed E-state index contributed by atoms with van der Waals surface area (Å²) in [6, 6.07) is 7.18. The molecule has 1 aromatic carbocycles. The van der Waals surface area contributed by atoms with E-state index in [4.69, 9.17) is 16.7 Å². The van der Waals surface area contributed by atoms with Crippen molar-refractivity contribution in [1.82, 2.24) is 9.55 Å². The molecule has 0 aliphatic heterocycles. The Bertz CT molecular complexity index is 753. The summed E-state index contributed by atoms with van der Waals surface area (Å²) in [4.78, 5) is 26.9. The van der Waals surface area contributed by atoms with Crippen LogP contribution in [0.2, 0.25) is 5.02 Å². The Kier molecular flexibility index (Phi) is 4.43. The molecule has 0 radical (unpaired) electrons. The van der Waals surface area contributed by atoms with Crippen LogP contribution in [0.1, 0.15) is 22.5 Å². The SMILES string of the molecule is Cc1nc(=O)n(Cc2cccc(Cl)c2)c(C)c1CC(=O)O. The van der Waals surface area contributed by atoms with Crippen LogP contribution in [-0.2, 0) is 17.8 Å². The number of carboxylic acids is 1. The Morgan fingerprint density at radius 3 is 2.71 bits per heavy atom. The smallest absolute Gasteiger partial charge is 0.348 e. The van der Waals surface area contributed by atoms with Gasteiger partial charge in [0.05, 0.1) is 13.0 Å². The lowest BCUT2D eigenvalue weighted by Crippen LogP contribution is -2.28. The van der Waals surface area contributed by atoms with Gasteiger partial charge in [0, 0.05) is 22.0 Å². The second kappa shape index (κ2) is 6.10. The lowest BCUT2D eigenvalue weighted by molar-refractivity contribution is -0.136. The maximum atomic E-state index is 12.1. The summed E-state index contributed by atoms with van der Waals surface area (Å²) >= 11 is 5.94. The minimum atomic E-state index is -0.948. The van der Waals surface area contributed by atoms with Gasteiger partial charge in [-0.1, -0.05) is 23.7 Å². The van der Waals surface area contributed by atoms with Gasteiger partial charge in [-0.3, -0.25) is 9.36 Å². The topological polar surface area (TPSA) is 72.2 Å². The number of aryl methyl sites for hydroxylation is 1. The Labute approximate surface area is 126 Å². The molecule has 2 rings (SSSR count). The number of carbonyl (C=O) groups is 1. The van der Waals surface area contributed by atoms with Gasteiger partial charge in [0.2, 0.25) is 0 Å². The van der Waals surface area contributed by atoms with Gasteiger partial charge in [0.15, 0.2) is 0 Å². The Morgan fingerprint density at radius 2 is 2.10 bits per heavy atom. The van der Waals surface area contributed by atoms with Crippen molar-refractivity contribution >= 4 is 17.6 Å². The van der Waals surface area contributed by atoms with Gasteiger partial charge < -0.3 is 5.11 Å². The van der Waals surface area contributed by atoms with Crippen molar-refractivity contribution in [3.63, 3.8) is 0 Å². The summed E-state index contributed by atoms with van der Waals surface area (Å²) in [6.07, 6.45) is -0.152. The number of hydrogen-bond acceptors (Lipinski definition) is 3. The van der Waals surface area contributed by atoms with Gasteiger partial charge in [0.1, 0.15) is 0 Å². The molecule has 2 aromatic rings. The number of carboxylic acid groups (broad SMARTS) is 1. The monoisotopic (exact) mass is 306 g/mol. The first-order valence-electron chi connectivity index (χ1n) is 6.41. The van der Waals surface area contributed by atoms with Crippen LogP contribution in [0.25, 0.3) is 0 Å². The van der Waals surface area contributed by atoms with Crippen LogP contribution in [0.15, 0.2) is 29.1 Å². The van der Waals surface area contributed by atoms with E-state index in [-0.39, 0.29) is 12.1 Å². The Hall–Kier alpha value is -2.14. The summed E-state index contributed by atoms with van der Waals surface area (Å²) in [6.45, 7) is 3.69. The highest BCUT2D eigenvalue weighted by molar-refractivity contribution is 6.30. The van der Waals surface area contributed by atoms with Crippen molar-refractivity contribution < 1.29 is 9.90 Å². The molecule has 1 heterocycles. The zero-order valence-corrected chi connectivity index (χ0v) is 12.5. The second-order valence-electron chi connectivity index (χ2n) is 4.83. The van der Waals surface area contributed by atoms with Gasteiger partial charge in [-0.15, -0.1) is 0 Å². The van der Waals surface area contributed by atoms with Gasteiger partial charge in [-0.05, 0) is 31.5 Å². The van der Waals surface area contributed by atoms with Crippen LogP contribution in [0.4, 0.5) is 0 Å². The van der Waals surface area contributed by atoms with Crippen molar-refractivity contribution in [3.05, 3.63) is 62.3 Å². The molecule has 0 amide bonds. The predicted octanol–water partition coefficient (Wildman–Crippen LogP) is 2.19. The number of halogens is 1. The van der Waals surface area contributed by atoms with E-state index in [1.54, 1.807) is 32.0 Å². The summed E-state index contributed by atoms with van der Waals surface area (Å²) in [5.41, 5.74) is 2.12. The molecule has 0 fully saturated rings. The average Bonchev–Trinajstić information content (AvgIpc) is 2.39. The quantitative estimate of drug-likeness (QED) is 0.940. The molecule has 0 saturated heterocycles. The van der Waals surface area contributed by atoms with Gasteiger partial charge >= 0.3 is 11.7 Å². The van der Waals surface area contributed by atoms with E-state index >= 15 is 0 Å². The Balaban J connectivity index is 2.48. The van der Waals surface area contributed by atoms with Crippen LogP contribution in [0, 0.1) is 13.8 Å². The van der Waals surface area contributed by atoms with Crippen molar-refractivity contribution in [2.45, 2.75) is 26.8 Å². The molecule has 0 saturated carbocycles. The van der Waals surface area contributed by atoms with Gasteiger partial charge in [0.25, 0.3) is 0 Å². The molecule has 0 spiro atoms. The molecule has 0 bridgehead atoms. The molecule has 1 N–H and O–H groups in total. The standard InChI is InChI=1S/C15H15ClN2O3/c1-9-13(7-14(19)20)10(2)18(15(21)17-9)8-11-4-3-5-12(16)6-11/h3-6H,7-8H2,1-2H3,(H,19,20). The molecule has 110 valence electrons. The summed E-state index contributed by atoms with van der Waals surface area (Å²) in [5, 5.41) is 9.56. The average molecular weight is 307 g/mol. The molecule has 0 unspecified atom stereocenters. The molecular weight excluding hydrogens is 292 g/mol. The van der Waals surface area contributed by atoms with E-state index in [9.17, 15) is 9.59 Å². The fourth-order valence-corrected chi connectivity index (χ4v) is 2.46. The highest BCUT2D eigenvalue weighted by Gasteiger charge is 2.14. The maximum Gasteiger partial charge on any atom is 0.348 e. The van der Waals surface area contributed by atoms with E-state index in [1.165, 1.54) is 4.57 Å². The van der Waals surface area contributed by atoms with E-state index in [0.717, 1.165) is 5.56 Å². The molecule has 5 nitrogen and oxygen atoms in total. The van der Waals surface area contributed by atoms with Crippen LogP contribution in [0.3, 0.4) is 0 Å². The van der Waals surface area contributed by atoms with E-state index in [1.807, 2.05) is 6.07 Å². The lowest BCUT2D eigenvalue weighted by atomic mass is 10.1. The number of nitrogens with zero attached hydrogens (tertiary/aromatic N) is 2. The normalized spacial score (nSPS) is 10.6. The fraction of sp³-hybridized carbons (Fsp3) is 0.267. The second-order valence-corrected chi connectivity index (χ2v) is 5.27. The van der Waals surface area contributed by atoms with Crippen LogP contribution in [0.5, 0.6) is 0 Å². The van der Waals surface area contributed by atoms with E-state index in [0.29, 0.717) is 28.5 Å². The van der Waals surface area contributed by atoms with Crippen LogP contribution < -0.4 is 5.69 Å². The number of aliphatic carboxylic acids is 1. The summed E-state index contributed by atoms with van der Waals surface area (Å²) in [5.74, 6) is -0.948. The molecule has 6 heteroatoms. The molecular formula is C15H15ClN2O3. The lowest BCUT2D eigenvalue weighted by Gasteiger charge is -2.14. The number of rotatable bonds is 4. The van der Waals surface area contributed by atoms with Gasteiger partial charge in [-0.2, -0.15) is 4.98 Å². The fourth-order valence-electron chi connectivity index (χ4n) is 2.25. The van der Waals surface area contributed by atoms with Crippen LogP contribution in [-0.4, -0.2) is 20.6 Å². The molecule has 0 aliphatic carbocycles. The first-order valence-corrected chi connectivity index (χ1v) is 6.79. The molecule has 0 aliphatic rings. The third-order valence-electron chi connectivity index (χ3n) is 3.33. The molecule has 21 heavy (non-hydrogen) atoms.